The Balaban J connectivity index is 1.57. The number of hydrogen-bond acceptors (Lipinski definition) is 2. The lowest BCUT2D eigenvalue weighted by molar-refractivity contribution is -0.00359. The van der Waals surface area contributed by atoms with Crippen LogP contribution < -0.4 is 0 Å². The Morgan fingerprint density at radius 3 is 2.78 bits per heavy atom. The Hall–Kier alpha value is -1.35. The Bertz CT molecular complexity index is 662. The first-order valence-electron chi connectivity index (χ1n) is 9.31. The van der Waals surface area contributed by atoms with Crippen LogP contribution in [0.5, 0.6) is 0 Å². The van der Waals surface area contributed by atoms with Gasteiger partial charge in [-0.05, 0) is 68.3 Å². The Morgan fingerprint density at radius 2 is 2.04 bits per heavy atom. The lowest BCUT2D eigenvalue weighted by atomic mass is 9.66. The van der Waals surface area contributed by atoms with Crippen LogP contribution in [0.4, 0.5) is 0 Å². The van der Waals surface area contributed by atoms with E-state index < -0.39 is 0 Å². The number of piperidine rings is 3. The summed E-state index contributed by atoms with van der Waals surface area (Å²) in [6.45, 7) is 6.91. The second-order valence-corrected chi connectivity index (χ2v) is 8.39. The summed E-state index contributed by atoms with van der Waals surface area (Å²) in [5, 5.41) is 0. The van der Waals surface area contributed by atoms with Gasteiger partial charge in [-0.25, -0.2) is 0 Å². The van der Waals surface area contributed by atoms with E-state index in [1.54, 1.807) is 0 Å². The molecule has 6 rings (SSSR count). The molecule has 0 radical (unpaired) electrons. The number of carbonyl (C=O) groups excluding carboxylic acids is 1. The van der Waals surface area contributed by atoms with E-state index in [9.17, 15) is 4.79 Å². The minimum Gasteiger partial charge on any atom is -0.333 e. The number of nitrogens with zero attached hydrogens (tertiary/aromatic N) is 2. The van der Waals surface area contributed by atoms with Gasteiger partial charge >= 0.3 is 0 Å². The molecule has 3 saturated heterocycles. The molecule has 0 saturated carbocycles. The minimum atomic E-state index is 0.171. The van der Waals surface area contributed by atoms with Crippen molar-refractivity contribution in [3.8, 4) is 0 Å². The number of carbonyl (C=O) groups is 1. The summed E-state index contributed by atoms with van der Waals surface area (Å²) >= 11 is 0. The number of benzene rings is 1. The van der Waals surface area contributed by atoms with Crippen LogP contribution in [-0.4, -0.2) is 47.9 Å². The highest BCUT2D eigenvalue weighted by Gasteiger charge is 2.47. The number of hydrogen-bond donors (Lipinski definition) is 0. The molecule has 0 spiro atoms. The molecule has 122 valence electrons. The average Bonchev–Trinajstić information content (AvgIpc) is 2.59. The summed E-state index contributed by atoms with van der Waals surface area (Å²) in [5.41, 5.74) is 3.99. The van der Waals surface area contributed by atoms with Gasteiger partial charge in [0, 0.05) is 30.1 Å². The van der Waals surface area contributed by atoms with Gasteiger partial charge in [-0.1, -0.05) is 19.1 Å². The zero-order chi connectivity index (χ0) is 15.6. The first-order valence-corrected chi connectivity index (χ1v) is 9.31. The Kier molecular flexibility index (Phi) is 2.94. The molecule has 1 aliphatic carbocycles. The van der Waals surface area contributed by atoms with E-state index in [4.69, 9.17) is 0 Å². The summed E-state index contributed by atoms with van der Waals surface area (Å²) in [4.78, 5) is 18.1. The third-order valence-corrected chi connectivity index (χ3v) is 6.96. The third kappa shape index (κ3) is 1.95. The normalized spacial score (nSPS) is 38.6. The zero-order valence-corrected chi connectivity index (χ0v) is 14.1. The van der Waals surface area contributed by atoms with Crippen LogP contribution in [0.1, 0.15) is 54.1 Å². The van der Waals surface area contributed by atoms with Gasteiger partial charge in [-0.2, -0.15) is 0 Å². The zero-order valence-electron chi connectivity index (χ0n) is 14.1. The summed E-state index contributed by atoms with van der Waals surface area (Å²) in [7, 11) is 0. The van der Waals surface area contributed by atoms with Gasteiger partial charge < -0.3 is 9.80 Å². The topological polar surface area (TPSA) is 23.6 Å². The summed E-state index contributed by atoms with van der Waals surface area (Å²) in [6.07, 6.45) is 6.18. The summed E-state index contributed by atoms with van der Waals surface area (Å²) < 4.78 is 0. The van der Waals surface area contributed by atoms with Crippen molar-refractivity contribution in [2.45, 2.75) is 50.5 Å². The smallest absolute Gasteiger partial charge is 0.254 e. The van der Waals surface area contributed by atoms with Crippen LogP contribution in [0.3, 0.4) is 0 Å². The molecule has 23 heavy (non-hydrogen) atoms. The molecule has 1 amide bonds. The molecule has 2 bridgehead atoms. The van der Waals surface area contributed by atoms with Crippen molar-refractivity contribution in [2.24, 2.45) is 5.92 Å². The Morgan fingerprint density at radius 1 is 1.22 bits per heavy atom. The van der Waals surface area contributed by atoms with Crippen LogP contribution in [-0.2, 0) is 11.8 Å². The van der Waals surface area contributed by atoms with E-state index >= 15 is 0 Å². The number of fused-ring (bicyclic) bond motifs is 3. The average molecular weight is 310 g/mol. The maximum Gasteiger partial charge on any atom is 0.254 e. The number of aryl methyl sites for hydroxylation is 1. The predicted octanol–water partition coefficient (Wildman–Crippen LogP) is 2.83. The van der Waals surface area contributed by atoms with Gasteiger partial charge in [0.1, 0.15) is 0 Å². The van der Waals surface area contributed by atoms with Crippen molar-refractivity contribution in [3.63, 3.8) is 0 Å². The molecule has 1 aromatic carbocycles. The molecular weight excluding hydrogens is 284 g/mol. The highest BCUT2D eigenvalue weighted by molar-refractivity contribution is 5.98. The van der Waals surface area contributed by atoms with Crippen molar-refractivity contribution in [1.29, 1.82) is 0 Å². The monoisotopic (exact) mass is 310 g/mol. The largest absolute Gasteiger partial charge is 0.333 e. The fraction of sp³-hybridized carbons (Fsp3) is 0.650. The fourth-order valence-electron chi connectivity index (χ4n) is 5.81. The van der Waals surface area contributed by atoms with Crippen LogP contribution >= 0.6 is 0 Å². The van der Waals surface area contributed by atoms with Gasteiger partial charge in [0.2, 0.25) is 0 Å². The molecule has 1 unspecified atom stereocenters. The van der Waals surface area contributed by atoms with Crippen LogP contribution in [0.15, 0.2) is 18.2 Å². The molecular formula is C20H26N2O. The van der Waals surface area contributed by atoms with E-state index in [0.717, 1.165) is 31.0 Å². The van der Waals surface area contributed by atoms with Crippen molar-refractivity contribution in [3.05, 3.63) is 34.9 Å². The van der Waals surface area contributed by atoms with Crippen LogP contribution in [0.2, 0.25) is 0 Å². The van der Waals surface area contributed by atoms with Crippen molar-refractivity contribution in [2.75, 3.05) is 26.2 Å². The van der Waals surface area contributed by atoms with E-state index in [1.807, 2.05) is 0 Å². The predicted molar refractivity (Wildman–Crippen MR) is 90.7 cm³/mol. The lowest BCUT2D eigenvalue weighted by Crippen LogP contribution is -2.62. The van der Waals surface area contributed by atoms with Crippen molar-refractivity contribution < 1.29 is 4.79 Å². The standard InChI is InChI=1S/C20H26N2O/c1-20-9-3-5-15-4-2-6-16(18(15)20)19(23)22(13-20)17-12-21-10-7-14(17)8-11-21/h2,4,6,14,17H,3,5,7-13H2,1H3/t17-,20?/m1/s1. The molecule has 2 atom stereocenters. The molecule has 3 heteroatoms. The Labute approximate surface area is 138 Å². The van der Waals surface area contributed by atoms with Gasteiger partial charge in [-0.15, -0.1) is 0 Å². The third-order valence-electron chi connectivity index (χ3n) is 6.96. The van der Waals surface area contributed by atoms with Gasteiger partial charge in [-0.3, -0.25) is 4.79 Å². The summed E-state index contributed by atoms with van der Waals surface area (Å²) in [6, 6.07) is 6.87. The number of amides is 1. The molecule has 4 heterocycles. The van der Waals surface area contributed by atoms with Gasteiger partial charge in [0.25, 0.3) is 5.91 Å². The van der Waals surface area contributed by atoms with Crippen molar-refractivity contribution in [1.82, 2.24) is 9.80 Å². The highest BCUT2D eigenvalue weighted by atomic mass is 16.2. The van der Waals surface area contributed by atoms with Gasteiger partial charge in [0.15, 0.2) is 0 Å². The van der Waals surface area contributed by atoms with E-state index in [-0.39, 0.29) is 5.41 Å². The van der Waals surface area contributed by atoms with E-state index in [2.05, 4.69) is 34.9 Å². The molecule has 3 fully saturated rings. The van der Waals surface area contributed by atoms with Gasteiger partial charge in [0.05, 0.1) is 0 Å². The maximum atomic E-state index is 13.3. The SMILES string of the molecule is CC12CCCc3cccc(c31)C(=O)N([C@@H]1CN3CCC1CC3)C2. The molecule has 0 N–H and O–H groups in total. The molecule has 4 aliphatic heterocycles. The molecule has 1 aromatic rings. The minimum absolute atomic E-state index is 0.171. The van der Waals surface area contributed by atoms with Crippen LogP contribution in [0, 0.1) is 5.92 Å². The highest BCUT2D eigenvalue weighted by Crippen LogP contribution is 2.45. The van der Waals surface area contributed by atoms with E-state index in [0.29, 0.717) is 11.9 Å². The first-order chi connectivity index (χ1) is 11.2. The molecule has 3 nitrogen and oxygen atoms in total. The quantitative estimate of drug-likeness (QED) is 0.796. The fourth-order valence-corrected chi connectivity index (χ4v) is 5.81. The molecule has 5 aliphatic rings. The van der Waals surface area contributed by atoms with E-state index in [1.165, 1.54) is 49.9 Å². The lowest BCUT2D eigenvalue weighted by Gasteiger charge is -2.53. The van der Waals surface area contributed by atoms with Crippen LogP contribution in [0.25, 0.3) is 0 Å². The second-order valence-electron chi connectivity index (χ2n) is 8.39. The first kappa shape index (κ1) is 14.0. The maximum absolute atomic E-state index is 13.3. The number of rotatable bonds is 1. The molecule has 0 aromatic heterocycles. The second kappa shape index (κ2) is 4.83. The summed E-state index contributed by atoms with van der Waals surface area (Å²) in [5.74, 6) is 1.03. The van der Waals surface area contributed by atoms with Crippen molar-refractivity contribution >= 4 is 5.91 Å².